The van der Waals surface area contributed by atoms with E-state index in [2.05, 4.69) is 5.14 Å². The van der Waals surface area contributed by atoms with E-state index in [0.29, 0.717) is 0 Å². The van der Waals surface area contributed by atoms with Crippen molar-refractivity contribution in [2.45, 2.75) is 0 Å². The molecule has 0 bridgehead atoms. The molecule has 0 fully saturated rings. The number of hydrogen-bond acceptors (Lipinski definition) is 3. The Morgan fingerprint density at radius 2 is 2.11 bits per heavy atom. The van der Waals surface area contributed by atoms with Crippen LogP contribution in [0.15, 0.2) is 0 Å². The highest BCUT2D eigenvalue weighted by Gasteiger charge is 2.08. The largest absolute Gasteiger partial charge is 0.395 e. The summed E-state index contributed by atoms with van der Waals surface area (Å²) >= 11 is 0. The molecule has 3 N–H and O–H groups in total. The minimum atomic E-state index is -3.59. The van der Waals surface area contributed by atoms with Crippen molar-refractivity contribution in [3.05, 3.63) is 0 Å². The van der Waals surface area contributed by atoms with Gasteiger partial charge in [-0.2, -0.15) is 12.7 Å². The molecule has 0 aliphatic rings. The van der Waals surface area contributed by atoms with E-state index in [4.69, 9.17) is 5.11 Å². The summed E-state index contributed by atoms with van der Waals surface area (Å²) in [6, 6.07) is 0. The van der Waals surface area contributed by atoms with E-state index in [-0.39, 0.29) is 13.2 Å². The molecule has 0 atom stereocenters. The van der Waals surface area contributed by atoms with Crippen LogP contribution in [0.25, 0.3) is 0 Å². The zero-order valence-electron chi connectivity index (χ0n) is 5.11. The Hall–Kier alpha value is -0.170. The summed E-state index contributed by atoms with van der Waals surface area (Å²) in [6.07, 6.45) is 0. The SMILES string of the molecule is CN(CCO)S(N)(=O)=O. The second-order valence-corrected chi connectivity index (χ2v) is 3.24. The Labute approximate surface area is 54.3 Å². The molecule has 0 aromatic carbocycles. The van der Waals surface area contributed by atoms with Crippen LogP contribution in [0, 0.1) is 0 Å². The van der Waals surface area contributed by atoms with Gasteiger partial charge in [-0.1, -0.05) is 0 Å². The van der Waals surface area contributed by atoms with Gasteiger partial charge in [0.05, 0.1) is 6.61 Å². The minimum absolute atomic E-state index is 0.0405. The second-order valence-electron chi connectivity index (χ2n) is 1.59. The number of nitrogens with two attached hydrogens (primary N) is 1. The third kappa shape index (κ3) is 3.41. The number of aliphatic hydroxyl groups excluding tert-OH is 1. The summed E-state index contributed by atoms with van der Waals surface area (Å²) < 4.78 is 21.5. The Kier molecular flexibility index (Phi) is 3.06. The summed E-state index contributed by atoms with van der Waals surface area (Å²) in [5, 5.41) is 12.9. The fourth-order valence-corrected chi connectivity index (χ4v) is 0.604. The van der Waals surface area contributed by atoms with Gasteiger partial charge in [-0.15, -0.1) is 0 Å². The maximum absolute atomic E-state index is 10.3. The normalized spacial score (nSPS) is 12.4. The van der Waals surface area contributed by atoms with Gasteiger partial charge in [0, 0.05) is 13.6 Å². The molecule has 5 nitrogen and oxygen atoms in total. The molecule has 0 aliphatic carbocycles. The maximum atomic E-state index is 10.3. The summed E-state index contributed by atoms with van der Waals surface area (Å²) in [6.45, 7) is -0.175. The molecular weight excluding hydrogens is 144 g/mol. The quantitative estimate of drug-likeness (QED) is 0.498. The van der Waals surface area contributed by atoms with E-state index in [0.717, 1.165) is 4.31 Å². The molecule has 0 spiro atoms. The Morgan fingerprint density at radius 3 is 2.22 bits per heavy atom. The van der Waals surface area contributed by atoms with E-state index >= 15 is 0 Å². The van der Waals surface area contributed by atoms with E-state index in [1.807, 2.05) is 0 Å². The van der Waals surface area contributed by atoms with Crippen LogP contribution in [0.4, 0.5) is 0 Å². The van der Waals surface area contributed by atoms with Crippen LogP contribution < -0.4 is 5.14 Å². The fourth-order valence-electron chi connectivity index (χ4n) is 0.268. The van der Waals surface area contributed by atoms with Crippen molar-refractivity contribution in [1.82, 2.24) is 4.31 Å². The van der Waals surface area contributed by atoms with Gasteiger partial charge in [0.1, 0.15) is 0 Å². The zero-order valence-corrected chi connectivity index (χ0v) is 5.93. The van der Waals surface area contributed by atoms with E-state index < -0.39 is 10.2 Å². The molecule has 0 saturated carbocycles. The lowest BCUT2D eigenvalue weighted by Crippen LogP contribution is -2.35. The molecule has 0 heterocycles. The minimum Gasteiger partial charge on any atom is -0.395 e. The van der Waals surface area contributed by atoms with Crippen molar-refractivity contribution in [2.75, 3.05) is 20.2 Å². The monoisotopic (exact) mass is 154 g/mol. The van der Waals surface area contributed by atoms with Crippen LogP contribution in [0.3, 0.4) is 0 Å². The van der Waals surface area contributed by atoms with Crippen LogP contribution in [-0.2, 0) is 10.2 Å². The molecule has 0 amide bonds. The van der Waals surface area contributed by atoms with Crippen LogP contribution >= 0.6 is 0 Å². The van der Waals surface area contributed by atoms with Crippen molar-refractivity contribution in [1.29, 1.82) is 0 Å². The highest BCUT2D eigenvalue weighted by molar-refractivity contribution is 7.86. The van der Waals surface area contributed by atoms with Gasteiger partial charge in [-0.3, -0.25) is 0 Å². The lowest BCUT2D eigenvalue weighted by molar-refractivity contribution is 0.266. The molecule has 0 saturated heterocycles. The van der Waals surface area contributed by atoms with Crippen molar-refractivity contribution >= 4 is 10.2 Å². The second kappa shape index (κ2) is 3.11. The highest BCUT2D eigenvalue weighted by atomic mass is 32.2. The topological polar surface area (TPSA) is 83.6 Å². The molecule has 0 radical (unpaired) electrons. The molecule has 9 heavy (non-hydrogen) atoms. The number of hydrogen-bond donors (Lipinski definition) is 2. The van der Waals surface area contributed by atoms with Gasteiger partial charge in [0.2, 0.25) is 0 Å². The Morgan fingerprint density at radius 1 is 1.67 bits per heavy atom. The molecule has 56 valence electrons. The smallest absolute Gasteiger partial charge is 0.276 e. The van der Waals surface area contributed by atoms with Gasteiger partial charge < -0.3 is 5.11 Å². The standard InChI is InChI=1S/C3H10N2O3S/c1-5(2-3-6)9(4,7)8/h6H,2-3H2,1H3,(H2,4,7,8). The fraction of sp³-hybridized carbons (Fsp3) is 1.00. The molecule has 6 heteroatoms. The van der Waals surface area contributed by atoms with Gasteiger partial charge >= 0.3 is 0 Å². The highest BCUT2D eigenvalue weighted by Crippen LogP contribution is 1.85. The molecule has 0 aromatic heterocycles. The average molecular weight is 154 g/mol. The van der Waals surface area contributed by atoms with E-state index in [1.54, 1.807) is 0 Å². The number of aliphatic hydroxyl groups is 1. The first-order valence-corrected chi connectivity index (χ1v) is 3.83. The first-order valence-electron chi connectivity index (χ1n) is 2.33. The molecule has 0 aliphatic heterocycles. The molecule has 0 unspecified atom stereocenters. The van der Waals surface area contributed by atoms with Crippen molar-refractivity contribution in [2.24, 2.45) is 5.14 Å². The Bertz CT molecular complexity index is 164. The first kappa shape index (κ1) is 8.83. The van der Waals surface area contributed by atoms with Crippen molar-refractivity contribution in [3.63, 3.8) is 0 Å². The lowest BCUT2D eigenvalue weighted by Gasteiger charge is -2.09. The number of nitrogens with zero attached hydrogens (tertiary/aromatic N) is 1. The summed E-state index contributed by atoms with van der Waals surface area (Å²) in [4.78, 5) is 0. The third-order valence-corrected chi connectivity index (χ3v) is 1.90. The summed E-state index contributed by atoms with van der Waals surface area (Å²) in [5.41, 5.74) is 0. The number of rotatable bonds is 3. The van der Waals surface area contributed by atoms with Crippen molar-refractivity contribution < 1.29 is 13.5 Å². The summed E-state index contributed by atoms with van der Waals surface area (Å²) in [7, 11) is -2.29. The van der Waals surface area contributed by atoms with Gasteiger partial charge in [-0.05, 0) is 0 Å². The summed E-state index contributed by atoms with van der Waals surface area (Å²) in [5.74, 6) is 0. The lowest BCUT2D eigenvalue weighted by atomic mass is 10.7. The molecule has 0 rings (SSSR count). The molecule has 0 aromatic rings. The van der Waals surface area contributed by atoms with Crippen LogP contribution in [-0.4, -0.2) is 38.0 Å². The van der Waals surface area contributed by atoms with Gasteiger partial charge in [-0.25, -0.2) is 5.14 Å². The Balaban J connectivity index is 3.90. The van der Waals surface area contributed by atoms with E-state index in [1.165, 1.54) is 7.05 Å². The van der Waals surface area contributed by atoms with Crippen LogP contribution in [0.5, 0.6) is 0 Å². The van der Waals surface area contributed by atoms with Gasteiger partial charge in [0.15, 0.2) is 0 Å². The third-order valence-electron chi connectivity index (χ3n) is 0.849. The molecular formula is C3H10N2O3S. The predicted octanol–water partition coefficient (Wildman–Crippen LogP) is -1.89. The van der Waals surface area contributed by atoms with Crippen molar-refractivity contribution in [3.8, 4) is 0 Å². The van der Waals surface area contributed by atoms with Crippen LogP contribution in [0.2, 0.25) is 0 Å². The average Bonchev–Trinajstić information content (AvgIpc) is 1.64. The van der Waals surface area contributed by atoms with Crippen LogP contribution in [0.1, 0.15) is 0 Å². The first-order chi connectivity index (χ1) is 3.98. The maximum Gasteiger partial charge on any atom is 0.276 e. The zero-order chi connectivity index (χ0) is 7.49. The number of likely N-dealkylation sites (N-methyl/N-ethyl adjacent to an activating group) is 1. The predicted molar refractivity (Wildman–Crippen MR) is 32.8 cm³/mol. The van der Waals surface area contributed by atoms with Gasteiger partial charge in [0.25, 0.3) is 10.2 Å². The van der Waals surface area contributed by atoms with E-state index in [9.17, 15) is 8.42 Å².